The van der Waals surface area contributed by atoms with Crippen LogP contribution in [0, 0.1) is 12.8 Å². The molecular formula is C12H21N5O3S. The third kappa shape index (κ3) is 4.01. The monoisotopic (exact) mass is 315 g/mol. The van der Waals surface area contributed by atoms with E-state index in [1.165, 1.54) is 10.6 Å². The topological polar surface area (TPSA) is 99.3 Å². The molecule has 1 N–H and O–H groups in total. The third-order valence-electron chi connectivity index (χ3n) is 3.67. The van der Waals surface area contributed by atoms with Gasteiger partial charge in [0.1, 0.15) is 5.82 Å². The lowest BCUT2D eigenvalue weighted by Gasteiger charge is -2.31. The summed E-state index contributed by atoms with van der Waals surface area (Å²) < 4.78 is 24.3. The molecule has 1 aliphatic rings. The summed E-state index contributed by atoms with van der Waals surface area (Å²) in [6.45, 7) is 2.97. The molecule has 118 valence electrons. The number of nitrogens with one attached hydrogen (secondary N) is 1. The van der Waals surface area contributed by atoms with Gasteiger partial charge in [-0.25, -0.2) is 17.7 Å². The van der Waals surface area contributed by atoms with Crippen molar-refractivity contribution in [3.8, 4) is 0 Å². The maximum Gasteiger partial charge on any atom is 0.225 e. The number of hydrogen-bond donors (Lipinski definition) is 1. The summed E-state index contributed by atoms with van der Waals surface area (Å²) in [4.78, 5) is 18.1. The number of amides is 1. The van der Waals surface area contributed by atoms with Crippen molar-refractivity contribution in [3.63, 3.8) is 0 Å². The van der Waals surface area contributed by atoms with Gasteiger partial charge in [0.2, 0.25) is 15.9 Å². The van der Waals surface area contributed by atoms with Crippen molar-refractivity contribution in [3.05, 3.63) is 11.6 Å². The highest BCUT2D eigenvalue weighted by Crippen LogP contribution is 2.21. The predicted molar refractivity (Wildman–Crippen MR) is 76.7 cm³/mol. The number of aryl methyl sites for hydroxylation is 1. The number of rotatable bonds is 4. The van der Waals surface area contributed by atoms with Gasteiger partial charge in [0, 0.05) is 26.1 Å². The van der Waals surface area contributed by atoms with Crippen LogP contribution >= 0.6 is 0 Å². The van der Waals surface area contributed by atoms with E-state index in [9.17, 15) is 13.2 Å². The number of aromatic nitrogens is 3. The van der Waals surface area contributed by atoms with Crippen LogP contribution in [0.25, 0.3) is 0 Å². The molecule has 21 heavy (non-hydrogen) atoms. The van der Waals surface area contributed by atoms with Gasteiger partial charge in [-0.15, -0.1) is 0 Å². The molecule has 1 aliphatic heterocycles. The van der Waals surface area contributed by atoms with Gasteiger partial charge in [-0.1, -0.05) is 0 Å². The minimum Gasteiger partial charge on any atom is -0.338 e. The zero-order chi connectivity index (χ0) is 15.6. The molecule has 0 aromatic carbocycles. The van der Waals surface area contributed by atoms with E-state index in [0.29, 0.717) is 44.1 Å². The molecule has 1 saturated heterocycles. The van der Waals surface area contributed by atoms with Crippen LogP contribution in [-0.4, -0.2) is 65.1 Å². The van der Waals surface area contributed by atoms with Gasteiger partial charge in [0.25, 0.3) is 0 Å². The van der Waals surface area contributed by atoms with Crippen LogP contribution in [0.3, 0.4) is 0 Å². The molecule has 0 unspecified atom stereocenters. The Morgan fingerprint density at radius 1 is 1.43 bits per heavy atom. The van der Waals surface area contributed by atoms with E-state index in [2.05, 4.69) is 15.2 Å². The van der Waals surface area contributed by atoms with Crippen molar-refractivity contribution in [1.82, 2.24) is 24.4 Å². The molecule has 2 rings (SSSR count). The number of hydrogen-bond acceptors (Lipinski definition) is 5. The zero-order valence-electron chi connectivity index (χ0n) is 12.5. The van der Waals surface area contributed by atoms with Gasteiger partial charge in [-0.05, 0) is 19.8 Å². The number of carbonyl (C=O) groups is 1. The Hall–Kier alpha value is -1.48. The number of sulfonamides is 1. The molecule has 0 radical (unpaired) electrons. The fourth-order valence-electron chi connectivity index (χ4n) is 2.50. The minimum atomic E-state index is -3.16. The summed E-state index contributed by atoms with van der Waals surface area (Å²) in [5.74, 6) is 1.18. The summed E-state index contributed by atoms with van der Waals surface area (Å²) in [5, 5.41) is 6.75. The van der Waals surface area contributed by atoms with Crippen LogP contribution < -0.4 is 0 Å². The Balaban J connectivity index is 1.89. The fourth-order valence-corrected chi connectivity index (χ4v) is 3.37. The van der Waals surface area contributed by atoms with Crippen LogP contribution in [0.15, 0.2) is 0 Å². The highest BCUT2D eigenvalue weighted by molar-refractivity contribution is 7.88. The maximum absolute atomic E-state index is 12.4. The van der Waals surface area contributed by atoms with Gasteiger partial charge in [0.05, 0.1) is 12.8 Å². The van der Waals surface area contributed by atoms with E-state index < -0.39 is 10.0 Å². The first kappa shape index (κ1) is 15.9. The van der Waals surface area contributed by atoms with Crippen LogP contribution in [0.2, 0.25) is 0 Å². The summed E-state index contributed by atoms with van der Waals surface area (Å²) in [5.41, 5.74) is 0. The van der Waals surface area contributed by atoms with Crippen LogP contribution in [-0.2, 0) is 21.4 Å². The summed E-state index contributed by atoms with van der Waals surface area (Å²) >= 11 is 0. The summed E-state index contributed by atoms with van der Waals surface area (Å²) in [6.07, 6.45) is 2.32. The molecule has 0 bridgehead atoms. The van der Waals surface area contributed by atoms with E-state index in [-0.39, 0.29) is 11.8 Å². The first-order valence-electron chi connectivity index (χ1n) is 6.85. The predicted octanol–water partition coefficient (Wildman–Crippen LogP) is -0.257. The SMILES string of the molecule is Cc1nc(CN(C)C(=O)C2CCN(S(C)(=O)=O)CC2)n[nH]1. The van der Waals surface area contributed by atoms with Gasteiger partial charge >= 0.3 is 0 Å². The summed E-state index contributed by atoms with van der Waals surface area (Å²) in [7, 11) is -1.44. The average molecular weight is 315 g/mol. The molecule has 2 heterocycles. The number of H-pyrrole nitrogens is 1. The number of carbonyl (C=O) groups excluding carboxylic acids is 1. The standard InChI is InChI=1S/C12H21N5O3S/c1-9-13-11(15-14-9)8-16(2)12(18)10-4-6-17(7-5-10)21(3,19)20/h10H,4-8H2,1-3H3,(H,13,14,15). The minimum absolute atomic E-state index is 0.0191. The summed E-state index contributed by atoms with van der Waals surface area (Å²) in [6, 6.07) is 0. The molecule has 0 spiro atoms. The van der Waals surface area contributed by atoms with Crippen molar-refractivity contribution in [2.75, 3.05) is 26.4 Å². The molecular weight excluding hydrogens is 294 g/mol. The Labute approximate surface area is 124 Å². The molecule has 1 fully saturated rings. The van der Waals surface area contributed by atoms with Crippen molar-refractivity contribution in [1.29, 1.82) is 0 Å². The second-order valence-electron chi connectivity index (χ2n) is 5.47. The highest BCUT2D eigenvalue weighted by atomic mass is 32.2. The van der Waals surface area contributed by atoms with Gasteiger partial charge in [-0.2, -0.15) is 5.10 Å². The van der Waals surface area contributed by atoms with Crippen molar-refractivity contribution in [2.45, 2.75) is 26.3 Å². The van der Waals surface area contributed by atoms with E-state index >= 15 is 0 Å². The van der Waals surface area contributed by atoms with Crippen molar-refractivity contribution < 1.29 is 13.2 Å². The highest BCUT2D eigenvalue weighted by Gasteiger charge is 2.30. The lowest BCUT2D eigenvalue weighted by atomic mass is 9.97. The van der Waals surface area contributed by atoms with E-state index in [4.69, 9.17) is 0 Å². The molecule has 9 heteroatoms. The molecule has 8 nitrogen and oxygen atoms in total. The fraction of sp³-hybridized carbons (Fsp3) is 0.750. The van der Waals surface area contributed by atoms with Gasteiger partial charge < -0.3 is 4.90 Å². The number of nitrogens with zero attached hydrogens (tertiary/aromatic N) is 4. The molecule has 1 aromatic rings. The Morgan fingerprint density at radius 2 is 2.05 bits per heavy atom. The largest absolute Gasteiger partial charge is 0.338 e. The van der Waals surface area contributed by atoms with Crippen LogP contribution in [0.5, 0.6) is 0 Å². The normalized spacial score (nSPS) is 17.9. The maximum atomic E-state index is 12.4. The number of piperidine rings is 1. The molecule has 1 amide bonds. The Kier molecular flexibility index (Phi) is 4.62. The Morgan fingerprint density at radius 3 is 2.52 bits per heavy atom. The van der Waals surface area contributed by atoms with Crippen molar-refractivity contribution >= 4 is 15.9 Å². The van der Waals surface area contributed by atoms with E-state index in [0.717, 1.165) is 0 Å². The van der Waals surface area contributed by atoms with E-state index in [1.807, 2.05) is 0 Å². The van der Waals surface area contributed by atoms with Crippen molar-refractivity contribution in [2.24, 2.45) is 5.92 Å². The van der Waals surface area contributed by atoms with Gasteiger partial charge in [0.15, 0.2) is 5.82 Å². The first-order chi connectivity index (χ1) is 9.77. The van der Waals surface area contributed by atoms with Crippen LogP contribution in [0.4, 0.5) is 0 Å². The molecule has 1 aromatic heterocycles. The Bertz CT molecular complexity index is 604. The van der Waals surface area contributed by atoms with Crippen LogP contribution in [0.1, 0.15) is 24.5 Å². The lowest BCUT2D eigenvalue weighted by Crippen LogP contribution is -2.43. The average Bonchev–Trinajstić information content (AvgIpc) is 2.82. The third-order valence-corrected chi connectivity index (χ3v) is 4.97. The second kappa shape index (κ2) is 6.10. The molecule has 0 atom stereocenters. The molecule has 0 saturated carbocycles. The second-order valence-corrected chi connectivity index (χ2v) is 7.45. The number of aromatic amines is 1. The smallest absolute Gasteiger partial charge is 0.225 e. The van der Waals surface area contributed by atoms with Gasteiger partial charge in [-0.3, -0.25) is 9.89 Å². The quantitative estimate of drug-likeness (QED) is 0.825. The zero-order valence-corrected chi connectivity index (χ0v) is 13.4. The lowest BCUT2D eigenvalue weighted by molar-refractivity contribution is -0.136. The molecule has 0 aliphatic carbocycles. The van der Waals surface area contributed by atoms with E-state index in [1.54, 1.807) is 18.9 Å². The first-order valence-corrected chi connectivity index (χ1v) is 8.70.